The molecule has 5 nitrogen and oxygen atoms in total. The van der Waals surface area contributed by atoms with Crippen LogP contribution in [0.1, 0.15) is 0 Å². The van der Waals surface area contributed by atoms with Gasteiger partial charge in [-0.25, -0.2) is 9.59 Å². The first kappa shape index (κ1) is 22.4. The van der Waals surface area contributed by atoms with Crippen LogP contribution in [0.2, 0.25) is 0 Å². The fraction of sp³-hybridized carbons (Fsp3) is 0. The summed E-state index contributed by atoms with van der Waals surface area (Å²) in [5, 5.41) is 3.11. The summed E-state index contributed by atoms with van der Waals surface area (Å²) >= 11 is 0. The van der Waals surface area contributed by atoms with Crippen LogP contribution >= 0.6 is 24.8 Å². The highest BCUT2D eigenvalue weighted by atomic mass is 35.5. The van der Waals surface area contributed by atoms with Gasteiger partial charge < -0.3 is 14.3 Å². The first-order valence-corrected chi connectivity index (χ1v) is 6.69. The SMILES string of the molecule is Cl.Cl.O.O=c1occc2ccccc12.O=c1occc2ccccc12. The van der Waals surface area contributed by atoms with Crippen LogP contribution in [0.3, 0.4) is 0 Å². The summed E-state index contributed by atoms with van der Waals surface area (Å²) < 4.78 is 9.37. The molecule has 25 heavy (non-hydrogen) atoms. The van der Waals surface area contributed by atoms with E-state index in [0.717, 1.165) is 10.8 Å². The molecule has 7 heteroatoms. The number of rotatable bonds is 0. The van der Waals surface area contributed by atoms with Gasteiger partial charge in [-0.3, -0.25) is 0 Å². The Morgan fingerprint density at radius 3 is 1.28 bits per heavy atom. The molecule has 132 valence electrons. The van der Waals surface area contributed by atoms with Crippen molar-refractivity contribution in [2.24, 2.45) is 0 Å². The fourth-order valence-electron chi connectivity index (χ4n) is 2.12. The maximum absolute atomic E-state index is 11.0. The maximum atomic E-state index is 11.0. The van der Waals surface area contributed by atoms with Crippen LogP contribution in [0.15, 0.2) is 91.6 Å². The van der Waals surface area contributed by atoms with Gasteiger partial charge in [0.15, 0.2) is 0 Å². The second kappa shape index (κ2) is 10.3. The molecule has 0 amide bonds. The fourth-order valence-corrected chi connectivity index (χ4v) is 2.12. The van der Waals surface area contributed by atoms with Gasteiger partial charge in [-0.05, 0) is 35.0 Å². The molecule has 2 heterocycles. The lowest BCUT2D eigenvalue weighted by molar-refractivity contribution is 0.519. The molecule has 0 aliphatic heterocycles. The quantitative estimate of drug-likeness (QED) is 0.464. The van der Waals surface area contributed by atoms with Crippen LogP contribution in [0.4, 0.5) is 0 Å². The first-order chi connectivity index (χ1) is 10.8. The second-order valence-electron chi connectivity index (χ2n) is 4.59. The van der Waals surface area contributed by atoms with E-state index in [4.69, 9.17) is 0 Å². The predicted molar refractivity (Wildman–Crippen MR) is 103 cm³/mol. The second-order valence-corrected chi connectivity index (χ2v) is 4.59. The van der Waals surface area contributed by atoms with Crippen molar-refractivity contribution in [2.75, 3.05) is 0 Å². The Bertz CT molecular complexity index is 944. The maximum Gasteiger partial charge on any atom is 0.343 e. The van der Waals surface area contributed by atoms with Crippen LogP contribution in [0.25, 0.3) is 21.5 Å². The third kappa shape index (κ3) is 5.19. The minimum atomic E-state index is -0.275. The Morgan fingerprint density at radius 2 is 0.920 bits per heavy atom. The van der Waals surface area contributed by atoms with E-state index in [1.165, 1.54) is 12.5 Å². The van der Waals surface area contributed by atoms with E-state index in [9.17, 15) is 9.59 Å². The number of hydrogen-bond acceptors (Lipinski definition) is 4. The Hall–Kier alpha value is -2.60. The molecule has 2 aromatic heterocycles. The van der Waals surface area contributed by atoms with E-state index < -0.39 is 0 Å². The zero-order chi connectivity index (χ0) is 15.4. The average Bonchev–Trinajstić information content (AvgIpc) is 2.57. The molecule has 0 radical (unpaired) electrons. The van der Waals surface area contributed by atoms with Gasteiger partial charge in [0.2, 0.25) is 0 Å². The summed E-state index contributed by atoms with van der Waals surface area (Å²) in [6.45, 7) is 0. The van der Waals surface area contributed by atoms with Crippen LogP contribution in [0, 0.1) is 0 Å². The topological polar surface area (TPSA) is 91.9 Å². The van der Waals surface area contributed by atoms with Crippen LogP contribution < -0.4 is 11.3 Å². The zero-order valence-corrected chi connectivity index (χ0v) is 14.5. The summed E-state index contributed by atoms with van der Waals surface area (Å²) in [6, 6.07) is 18.2. The summed E-state index contributed by atoms with van der Waals surface area (Å²) in [5.74, 6) is 0. The number of benzene rings is 2. The van der Waals surface area contributed by atoms with Gasteiger partial charge in [0.25, 0.3) is 0 Å². The number of fused-ring (bicyclic) bond motifs is 2. The normalized spacial score (nSPS) is 8.96. The average molecular weight is 383 g/mol. The van der Waals surface area contributed by atoms with Crippen molar-refractivity contribution in [3.05, 3.63) is 94.0 Å². The van der Waals surface area contributed by atoms with Gasteiger partial charge in [-0.15, -0.1) is 24.8 Å². The molecule has 0 fully saturated rings. The van der Waals surface area contributed by atoms with E-state index in [0.29, 0.717) is 10.8 Å². The first-order valence-electron chi connectivity index (χ1n) is 6.69. The molecular weight excluding hydrogens is 367 g/mol. The van der Waals surface area contributed by atoms with Crippen molar-refractivity contribution in [3.63, 3.8) is 0 Å². The van der Waals surface area contributed by atoms with Crippen molar-refractivity contribution in [1.29, 1.82) is 0 Å². The Balaban J connectivity index is 0.000000411. The lowest BCUT2D eigenvalue weighted by atomic mass is 10.2. The summed E-state index contributed by atoms with van der Waals surface area (Å²) in [4.78, 5) is 22.0. The van der Waals surface area contributed by atoms with E-state index in [1.54, 1.807) is 24.3 Å². The monoisotopic (exact) mass is 382 g/mol. The highest BCUT2D eigenvalue weighted by Gasteiger charge is 1.95. The number of hydrogen-bond donors (Lipinski definition) is 0. The summed E-state index contributed by atoms with van der Waals surface area (Å²) in [5.41, 5.74) is -0.550. The molecule has 0 aliphatic carbocycles. The molecule has 2 N–H and O–H groups in total. The van der Waals surface area contributed by atoms with Gasteiger partial charge in [0.1, 0.15) is 0 Å². The smallest absolute Gasteiger partial charge is 0.343 e. The van der Waals surface area contributed by atoms with Crippen molar-refractivity contribution >= 4 is 46.4 Å². The minimum absolute atomic E-state index is 0. The predicted octanol–water partition coefficient (Wildman–Crippen LogP) is 3.60. The molecular formula is C18H16Cl2O5. The van der Waals surface area contributed by atoms with Crippen molar-refractivity contribution in [1.82, 2.24) is 0 Å². The molecule has 0 unspecified atom stereocenters. The molecule has 0 saturated carbocycles. The molecule has 4 aromatic rings. The molecule has 4 rings (SSSR count). The molecule has 0 spiro atoms. The largest absolute Gasteiger partial charge is 0.431 e. The van der Waals surface area contributed by atoms with Crippen molar-refractivity contribution in [2.45, 2.75) is 0 Å². The zero-order valence-electron chi connectivity index (χ0n) is 12.9. The highest BCUT2D eigenvalue weighted by molar-refractivity contribution is 5.85. The third-order valence-corrected chi connectivity index (χ3v) is 3.21. The summed E-state index contributed by atoms with van der Waals surface area (Å²) in [6.07, 6.45) is 2.81. The van der Waals surface area contributed by atoms with Crippen LogP contribution in [-0.4, -0.2) is 5.48 Å². The molecule has 2 aromatic carbocycles. The van der Waals surface area contributed by atoms with Gasteiger partial charge in [0, 0.05) is 0 Å². The van der Waals surface area contributed by atoms with Gasteiger partial charge >= 0.3 is 11.3 Å². The highest BCUT2D eigenvalue weighted by Crippen LogP contribution is 2.07. The summed E-state index contributed by atoms with van der Waals surface area (Å²) in [7, 11) is 0. The standard InChI is InChI=1S/2C9H6O2.2ClH.H2O/c2*10-9-8-4-2-1-3-7(8)5-6-11-9;;;/h2*1-6H;2*1H;1H2. The lowest BCUT2D eigenvalue weighted by Crippen LogP contribution is -1.96. The Kier molecular flexibility index (Phi) is 9.23. The van der Waals surface area contributed by atoms with Crippen molar-refractivity contribution in [3.8, 4) is 0 Å². The van der Waals surface area contributed by atoms with E-state index in [2.05, 4.69) is 8.83 Å². The number of halogens is 2. The van der Waals surface area contributed by atoms with E-state index >= 15 is 0 Å². The molecule has 0 bridgehead atoms. The van der Waals surface area contributed by atoms with Gasteiger partial charge in [0.05, 0.1) is 23.3 Å². The van der Waals surface area contributed by atoms with E-state index in [-0.39, 0.29) is 41.5 Å². The molecule has 0 saturated heterocycles. The third-order valence-electron chi connectivity index (χ3n) is 3.21. The molecule has 0 aliphatic rings. The minimum Gasteiger partial charge on any atom is -0.431 e. The Morgan fingerprint density at radius 1 is 0.560 bits per heavy atom. The van der Waals surface area contributed by atoms with Crippen LogP contribution in [0.5, 0.6) is 0 Å². The Labute approximate surface area is 155 Å². The molecule has 0 atom stereocenters. The van der Waals surface area contributed by atoms with E-state index in [1.807, 2.05) is 36.4 Å². The van der Waals surface area contributed by atoms with Crippen molar-refractivity contribution < 1.29 is 14.3 Å². The lowest BCUT2D eigenvalue weighted by Gasteiger charge is -1.91. The van der Waals surface area contributed by atoms with Gasteiger partial charge in [-0.1, -0.05) is 36.4 Å². The van der Waals surface area contributed by atoms with Gasteiger partial charge in [-0.2, -0.15) is 0 Å². The van der Waals surface area contributed by atoms with Crippen LogP contribution in [-0.2, 0) is 0 Å².